The summed E-state index contributed by atoms with van der Waals surface area (Å²) in [5.41, 5.74) is 1.69. The fraction of sp³-hybridized carbons (Fsp3) is 0.0667. The van der Waals surface area contributed by atoms with Gasteiger partial charge in [0.05, 0.1) is 10.6 Å². The maximum atomic E-state index is 12.0. The zero-order valence-corrected chi connectivity index (χ0v) is 15.1. The van der Waals surface area contributed by atoms with E-state index < -0.39 is 0 Å². The number of furan rings is 1. The minimum Gasteiger partial charge on any atom is -0.451 e. The lowest BCUT2D eigenvalue weighted by atomic mass is 10.2. The maximum absolute atomic E-state index is 12.0. The smallest absolute Gasteiger partial charge is 0.264 e. The van der Waals surface area contributed by atoms with E-state index in [-0.39, 0.29) is 5.91 Å². The number of benzene rings is 1. The number of rotatable bonds is 2. The summed E-state index contributed by atoms with van der Waals surface area (Å²) in [4.78, 5) is 16.9. The highest BCUT2D eigenvalue weighted by Crippen LogP contribution is 2.29. The molecule has 3 rings (SSSR count). The monoisotopic (exact) mass is 444 g/mol. The topological polar surface area (TPSA) is 54.6 Å². The predicted octanol–water partition coefficient (Wildman–Crippen LogP) is 4.74. The predicted molar refractivity (Wildman–Crippen MR) is 98.4 cm³/mol. The van der Waals surface area contributed by atoms with Crippen molar-refractivity contribution in [2.75, 3.05) is 0 Å². The number of aryl methyl sites for hydroxylation is 1. The molecule has 1 aromatic carbocycles. The number of aliphatic imine (C=N–C) groups is 1. The maximum Gasteiger partial charge on any atom is 0.264 e. The summed E-state index contributed by atoms with van der Waals surface area (Å²) in [6, 6.07) is 9.18. The molecule has 0 radical (unpaired) electrons. The molecular formula is C15H10ClIN2O2S. The quantitative estimate of drug-likeness (QED) is 0.538. The number of amidine groups is 1. The largest absolute Gasteiger partial charge is 0.451 e. The van der Waals surface area contributed by atoms with E-state index >= 15 is 0 Å². The molecule has 2 heterocycles. The number of hydrogen-bond acceptors (Lipinski definition) is 4. The van der Waals surface area contributed by atoms with E-state index in [1.807, 2.05) is 31.2 Å². The van der Waals surface area contributed by atoms with E-state index in [2.05, 4.69) is 32.9 Å². The van der Waals surface area contributed by atoms with Gasteiger partial charge in [0.1, 0.15) is 5.76 Å². The number of halogens is 2. The van der Waals surface area contributed by atoms with Crippen LogP contribution < -0.4 is 5.32 Å². The van der Waals surface area contributed by atoms with Gasteiger partial charge in [-0.25, -0.2) is 4.99 Å². The highest BCUT2D eigenvalue weighted by Gasteiger charge is 2.24. The molecule has 1 saturated heterocycles. The lowest BCUT2D eigenvalue weighted by Crippen LogP contribution is -2.19. The fourth-order valence-corrected chi connectivity index (χ4v) is 3.21. The fourth-order valence-electron chi connectivity index (χ4n) is 1.78. The van der Waals surface area contributed by atoms with Gasteiger partial charge < -0.3 is 9.73 Å². The third-order valence-electron chi connectivity index (χ3n) is 2.90. The molecule has 0 saturated carbocycles. The standard InChI is InChI=1S/C15H10ClIN2O2S/c1-8-2-3-9(6-11(8)16)18-15-19-14(20)12(22-15)7-10-4-5-13(17)21-10/h2-7H,1H3,(H,18,19,20)/b12-7-. The van der Waals surface area contributed by atoms with Gasteiger partial charge in [-0.3, -0.25) is 4.79 Å². The Morgan fingerprint density at radius 3 is 2.86 bits per heavy atom. The molecule has 0 spiro atoms. The molecule has 1 fully saturated rings. The minimum atomic E-state index is -0.187. The lowest BCUT2D eigenvalue weighted by Gasteiger charge is -2.00. The second-order valence-electron chi connectivity index (χ2n) is 4.56. The molecule has 1 aliphatic heterocycles. The summed E-state index contributed by atoms with van der Waals surface area (Å²) >= 11 is 9.43. The van der Waals surface area contributed by atoms with Crippen LogP contribution in [0.3, 0.4) is 0 Å². The van der Waals surface area contributed by atoms with Gasteiger partial charge in [-0.2, -0.15) is 0 Å². The average Bonchev–Trinajstić information content (AvgIpc) is 3.01. The van der Waals surface area contributed by atoms with E-state index in [0.717, 1.165) is 9.33 Å². The van der Waals surface area contributed by atoms with Crippen molar-refractivity contribution in [2.45, 2.75) is 6.92 Å². The molecule has 1 N–H and O–H groups in total. The number of nitrogens with zero attached hydrogens (tertiary/aromatic N) is 1. The molecule has 1 aliphatic rings. The number of carbonyl (C=O) groups is 1. The van der Waals surface area contributed by atoms with Crippen molar-refractivity contribution in [3.8, 4) is 0 Å². The van der Waals surface area contributed by atoms with Crippen molar-refractivity contribution in [1.29, 1.82) is 0 Å². The average molecular weight is 445 g/mol. The van der Waals surface area contributed by atoms with Gasteiger partial charge in [-0.15, -0.1) is 0 Å². The van der Waals surface area contributed by atoms with Crippen molar-refractivity contribution in [3.63, 3.8) is 0 Å². The summed E-state index contributed by atoms with van der Waals surface area (Å²) in [6.07, 6.45) is 1.70. The molecule has 4 nitrogen and oxygen atoms in total. The van der Waals surface area contributed by atoms with Crippen LogP contribution in [-0.4, -0.2) is 11.1 Å². The zero-order chi connectivity index (χ0) is 15.7. The SMILES string of the molecule is Cc1ccc(N=C2NC(=O)/C(=C/c3ccc(I)o3)S2)cc1Cl. The highest BCUT2D eigenvalue weighted by atomic mass is 127. The first-order valence-corrected chi connectivity index (χ1v) is 8.60. The zero-order valence-electron chi connectivity index (χ0n) is 11.4. The Morgan fingerprint density at radius 2 is 2.18 bits per heavy atom. The van der Waals surface area contributed by atoms with Gasteiger partial charge in [-0.05, 0) is 71.1 Å². The number of thioether (sulfide) groups is 1. The molecule has 0 atom stereocenters. The third kappa shape index (κ3) is 3.56. The van der Waals surface area contributed by atoms with Crippen LogP contribution in [0.2, 0.25) is 5.02 Å². The second-order valence-corrected chi connectivity index (χ2v) is 7.06. The van der Waals surface area contributed by atoms with Crippen molar-refractivity contribution in [1.82, 2.24) is 5.32 Å². The van der Waals surface area contributed by atoms with Crippen LogP contribution in [0.25, 0.3) is 6.08 Å². The molecular weight excluding hydrogens is 435 g/mol. The number of carbonyl (C=O) groups excluding carboxylic acids is 1. The van der Waals surface area contributed by atoms with E-state index in [0.29, 0.717) is 26.5 Å². The van der Waals surface area contributed by atoms with E-state index in [1.54, 1.807) is 12.1 Å². The van der Waals surface area contributed by atoms with Crippen LogP contribution in [0.5, 0.6) is 0 Å². The Hall–Kier alpha value is -1.25. The molecule has 7 heteroatoms. The lowest BCUT2D eigenvalue weighted by molar-refractivity contribution is -0.115. The molecule has 0 unspecified atom stereocenters. The molecule has 1 aromatic heterocycles. The molecule has 22 heavy (non-hydrogen) atoms. The van der Waals surface area contributed by atoms with E-state index in [1.165, 1.54) is 11.8 Å². The molecule has 112 valence electrons. The van der Waals surface area contributed by atoms with Crippen LogP contribution in [0.1, 0.15) is 11.3 Å². The van der Waals surface area contributed by atoms with Gasteiger partial charge in [0.2, 0.25) is 0 Å². The van der Waals surface area contributed by atoms with Crippen molar-refractivity contribution < 1.29 is 9.21 Å². The van der Waals surface area contributed by atoms with E-state index in [9.17, 15) is 4.79 Å². The van der Waals surface area contributed by atoms with Gasteiger partial charge in [0, 0.05) is 11.1 Å². The summed E-state index contributed by atoms with van der Waals surface area (Å²) in [5, 5.41) is 3.91. The van der Waals surface area contributed by atoms with Gasteiger partial charge in [-0.1, -0.05) is 17.7 Å². The summed E-state index contributed by atoms with van der Waals surface area (Å²) in [7, 11) is 0. The molecule has 2 aromatic rings. The number of amides is 1. The van der Waals surface area contributed by atoms with Gasteiger partial charge >= 0.3 is 0 Å². The molecule has 1 amide bonds. The highest BCUT2D eigenvalue weighted by molar-refractivity contribution is 14.1. The van der Waals surface area contributed by atoms with Gasteiger partial charge in [0.25, 0.3) is 5.91 Å². The summed E-state index contributed by atoms with van der Waals surface area (Å²) < 4.78 is 6.21. The Balaban J connectivity index is 1.83. The number of hydrogen-bond donors (Lipinski definition) is 1. The normalized spacial score (nSPS) is 18.2. The Labute approximate surface area is 150 Å². The van der Waals surface area contributed by atoms with Crippen LogP contribution >= 0.6 is 46.0 Å². The Kier molecular flexibility index (Phi) is 4.60. The van der Waals surface area contributed by atoms with Crippen LogP contribution in [-0.2, 0) is 4.79 Å². The second kappa shape index (κ2) is 6.47. The Morgan fingerprint density at radius 1 is 1.36 bits per heavy atom. The van der Waals surface area contributed by atoms with Crippen molar-refractivity contribution in [3.05, 3.63) is 55.4 Å². The van der Waals surface area contributed by atoms with Gasteiger partial charge in [0.15, 0.2) is 8.93 Å². The summed E-state index contributed by atoms with van der Waals surface area (Å²) in [5.74, 6) is 0.454. The van der Waals surface area contributed by atoms with Crippen molar-refractivity contribution in [2.24, 2.45) is 4.99 Å². The first kappa shape index (κ1) is 15.6. The van der Waals surface area contributed by atoms with Crippen LogP contribution in [0.4, 0.5) is 5.69 Å². The minimum absolute atomic E-state index is 0.187. The third-order valence-corrected chi connectivity index (χ3v) is 4.80. The summed E-state index contributed by atoms with van der Waals surface area (Å²) in [6.45, 7) is 1.93. The van der Waals surface area contributed by atoms with Crippen LogP contribution in [0, 0.1) is 10.7 Å². The molecule has 0 aliphatic carbocycles. The number of nitrogens with one attached hydrogen (secondary N) is 1. The van der Waals surface area contributed by atoms with Crippen molar-refractivity contribution >= 4 is 68.8 Å². The first-order chi connectivity index (χ1) is 10.5. The Bertz CT molecular complexity index is 814. The first-order valence-electron chi connectivity index (χ1n) is 6.32. The van der Waals surface area contributed by atoms with E-state index in [4.69, 9.17) is 16.0 Å². The van der Waals surface area contributed by atoms with Crippen LogP contribution in [0.15, 0.2) is 44.6 Å². The molecule has 0 bridgehead atoms.